The minimum absolute atomic E-state index is 0.00604. The molecule has 0 radical (unpaired) electrons. The summed E-state index contributed by atoms with van der Waals surface area (Å²) in [6, 6.07) is 4.38. The van der Waals surface area contributed by atoms with Crippen LogP contribution in [-0.4, -0.2) is 25.6 Å². The van der Waals surface area contributed by atoms with E-state index in [1.54, 1.807) is 13.0 Å². The predicted molar refractivity (Wildman–Crippen MR) is 81.8 cm³/mol. The van der Waals surface area contributed by atoms with Crippen molar-refractivity contribution in [1.82, 2.24) is 10.6 Å². The lowest BCUT2D eigenvalue weighted by molar-refractivity contribution is -0.127. The largest absolute Gasteiger partial charge is 0.480 e. The maximum absolute atomic E-state index is 13.4. The van der Waals surface area contributed by atoms with Crippen LogP contribution in [0.4, 0.5) is 4.39 Å². The summed E-state index contributed by atoms with van der Waals surface area (Å²) in [5.41, 5.74) is 0.822. The van der Waals surface area contributed by atoms with Crippen molar-refractivity contribution in [3.05, 3.63) is 29.6 Å². The molecule has 0 bridgehead atoms. The van der Waals surface area contributed by atoms with Gasteiger partial charge in [-0.25, -0.2) is 4.39 Å². The van der Waals surface area contributed by atoms with Crippen molar-refractivity contribution in [2.24, 2.45) is 5.92 Å². The van der Waals surface area contributed by atoms with Crippen LogP contribution in [0.5, 0.6) is 5.75 Å². The summed E-state index contributed by atoms with van der Waals surface area (Å²) in [6.07, 6.45) is -0.673. The quantitative estimate of drug-likeness (QED) is 0.813. The Morgan fingerprint density at radius 2 is 1.95 bits per heavy atom. The van der Waals surface area contributed by atoms with Gasteiger partial charge < -0.3 is 15.4 Å². The molecule has 0 spiro atoms. The molecule has 5 heteroatoms. The zero-order chi connectivity index (χ0) is 16.0. The highest BCUT2D eigenvalue weighted by molar-refractivity contribution is 5.80. The van der Waals surface area contributed by atoms with Crippen molar-refractivity contribution in [1.29, 1.82) is 0 Å². The van der Waals surface area contributed by atoms with Gasteiger partial charge in [0, 0.05) is 24.2 Å². The lowest BCUT2D eigenvalue weighted by atomic mass is 10.1. The van der Waals surface area contributed by atoms with Gasteiger partial charge in [-0.15, -0.1) is 0 Å². The van der Waals surface area contributed by atoms with E-state index in [9.17, 15) is 9.18 Å². The Labute approximate surface area is 126 Å². The monoisotopic (exact) mass is 296 g/mol. The second kappa shape index (κ2) is 7.98. The summed E-state index contributed by atoms with van der Waals surface area (Å²) >= 11 is 0. The van der Waals surface area contributed by atoms with Gasteiger partial charge in [-0.1, -0.05) is 19.9 Å². The van der Waals surface area contributed by atoms with Gasteiger partial charge in [0.2, 0.25) is 0 Å². The summed E-state index contributed by atoms with van der Waals surface area (Å²) in [7, 11) is 1.82. The Morgan fingerprint density at radius 3 is 2.52 bits per heavy atom. The Bertz CT molecular complexity index is 477. The highest BCUT2D eigenvalue weighted by atomic mass is 19.1. The van der Waals surface area contributed by atoms with E-state index in [4.69, 9.17) is 4.74 Å². The summed E-state index contributed by atoms with van der Waals surface area (Å²) in [6.45, 7) is 8.24. The normalized spacial score (nSPS) is 13.9. The number of amides is 1. The second-order valence-corrected chi connectivity index (χ2v) is 5.59. The molecule has 0 saturated carbocycles. The van der Waals surface area contributed by atoms with Gasteiger partial charge in [0.05, 0.1) is 0 Å². The number of carbonyl (C=O) groups is 1. The molecule has 1 rings (SSSR count). The number of ether oxygens (including phenoxy) is 1. The van der Waals surface area contributed by atoms with Crippen molar-refractivity contribution in [2.75, 3.05) is 13.6 Å². The topological polar surface area (TPSA) is 50.4 Å². The van der Waals surface area contributed by atoms with Crippen LogP contribution in [0.3, 0.4) is 0 Å². The average molecular weight is 296 g/mol. The Hall–Kier alpha value is -1.62. The molecule has 1 amide bonds. The molecule has 0 aliphatic rings. The van der Waals surface area contributed by atoms with Gasteiger partial charge in [0.1, 0.15) is 11.6 Å². The van der Waals surface area contributed by atoms with Gasteiger partial charge in [0.25, 0.3) is 5.91 Å². The van der Waals surface area contributed by atoms with Gasteiger partial charge in [0.15, 0.2) is 6.10 Å². The van der Waals surface area contributed by atoms with Gasteiger partial charge in [-0.3, -0.25) is 4.79 Å². The van der Waals surface area contributed by atoms with Crippen LogP contribution in [0, 0.1) is 11.7 Å². The van der Waals surface area contributed by atoms with Crippen LogP contribution in [0.25, 0.3) is 0 Å². The van der Waals surface area contributed by atoms with E-state index in [1.807, 2.05) is 27.8 Å². The molecule has 0 heterocycles. The number of benzene rings is 1. The third-order valence-corrected chi connectivity index (χ3v) is 3.23. The van der Waals surface area contributed by atoms with E-state index in [-0.39, 0.29) is 17.8 Å². The molecule has 2 unspecified atom stereocenters. The minimum Gasteiger partial charge on any atom is -0.480 e. The fourth-order valence-corrected chi connectivity index (χ4v) is 1.82. The summed E-state index contributed by atoms with van der Waals surface area (Å²) in [5.74, 6) is 0.183. The SMILES string of the molecule is CNC(C)c1ccc(F)cc1OC(C)C(=O)NCC(C)C. The lowest BCUT2D eigenvalue weighted by Gasteiger charge is -2.20. The smallest absolute Gasteiger partial charge is 0.260 e. The summed E-state index contributed by atoms with van der Waals surface area (Å²) < 4.78 is 19.1. The summed E-state index contributed by atoms with van der Waals surface area (Å²) in [5, 5.41) is 5.89. The van der Waals surface area contributed by atoms with E-state index in [2.05, 4.69) is 10.6 Å². The Kier molecular flexibility index (Phi) is 6.62. The van der Waals surface area contributed by atoms with Crippen LogP contribution in [-0.2, 0) is 4.79 Å². The molecular formula is C16H25FN2O2. The molecule has 1 aromatic carbocycles. The average Bonchev–Trinajstić information content (AvgIpc) is 2.43. The first kappa shape index (κ1) is 17.4. The highest BCUT2D eigenvalue weighted by Gasteiger charge is 2.18. The van der Waals surface area contributed by atoms with Gasteiger partial charge in [-0.2, -0.15) is 0 Å². The van der Waals surface area contributed by atoms with Crippen LogP contribution in [0.15, 0.2) is 18.2 Å². The number of halogens is 1. The zero-order valence-electron chi connectivity index (χ0n) is 13.4. The number of carbonyl (C=O) groups excluding carboxylic acids is 1. The molecule has 2 atom stereocenters. The second-order valence-electron chi connectivity index (χ2n) is 5.59. The van der Waals surface area contributed by atoms with Crippen LogP contribution in [0.1, 0.15) is 39.3 Å². The van der Waals surface area contributed by atoms with Crippen LogP contribution < -0.4 is 15.4 Å². The molecule has 1 aromatic rings. The number of hydrogen-bond acceptors (Lipinski definition) is 3. The van der Waals surface area contributed by atoms with Crippen LogP contribution >= 0.6 is 0 Å². The Balaban J connectivity index is 2.81. The van der Waals surface area contributed by atoms with Crippen molar-refractivity contribution in [3.8, 4) is 5.75 Å². The van der Waals surface area contributed by atoms with E-state index in [0.29, 0.717) is 18.2 Å². The molecule has 0 aliphatic carbocycles. The van der Waals surface area contributed by atoms with Crippen LogP contribution in [0.2, 0.25) is 0 Å². The molecule has 0 aliphatic heterocycles. The first-order valence-corrected chi connectivity index (χ1v) is 7.26. The third-order valence-electron chi connectivity index (χ3n) is 3.23. The van der Waals surface area contributed by atoms with Crippen molar-refractivity contribution in [2.45, 2.75) is 39.8 Å². The van der Waals surface area contributed by atoms with Crippen molar-refractivity contribution < 1.29 is 13.9 Å². The van der Waals surface area contributed by atoms with Crippen molar-refractivity contribution in [3.63, 3.8) is 0 Å². The number of hydrogen-bond donors (Lipinski definition) is 2. The fourth-order valence-electron chi connectivity index (χ4n) is 1.82. The standard InChI is InChI=1S/C16H25FN2O2/c1-10(2)9-19-16(20)12(4)21-15-8-13(17)6-7-14(15)11(3)18-5/h6-8,10-12,18H,9H2,1-5H3,(H,19,20). The van der Waals surface area contributed by atoms with E-state index in [1.165, 1.54) is 12.1 Å². The van der Waals surface area contributed by atoms with E-state index in [0.717, 1.165) is 5.56 Å². The van der Waals surface area contributed by atoms with Gasteiger partial charge in [-0.05, 0) is 32.9 Å². The molecule has 0 aromatic heterocycles. The zero-order valence-corrected chi connectivity index (χ0v) is 13.4. The number of nitrogens with one attached hydrogen (secondary N) is 2. The predicted octanol–water partition coefficient (Wildman–Crippen LogP) is 2.65. The molecule has 21 heavy (non-hydrogen) atoms. The molecule has 0 saturated heterocycles. The fraction of sp³-hybridized carbons (Fsp3) is 0.562. The van der Waals surface area contributed by atoms with Gasteiger partial charge >= 0.3 is 0 Å². The molecular weight excluding hydrogens is 271 g/mol. The highest BCUT2D eigenvalue weighted by Crippen LogP contribution is 2.26. The van der Waals surface area contributed by atoms with E-state index < -0.39 is 6.10 Å². The molecule has 118 valence electrons. The first-order chi connectivity index (χ1) is 9.85. The molecule has 4 nitrogen and oxygen atoms in total. The number of rotatable bonds is 7. The maximum Gasteiger partial charge on any atom is 0.260 e. The van der Waals surface area contributed by atoms with E-state index >= 15 is 0 Å². The van der Waals surface area contributed by atoms with Crippen molar-refractivity contribution >= 4 is 5.91 Å². The molecule has 0 fully saturated rings. The summed E-state index contributed by atoms with van der Waals surface area (Å²) in [4.78, 5) is 11.9. The maximum atomic E-state index is 13.4. The first-order valence-electron chi connectivity index (χ1n) is 7.26. The Morgan fingerprint density at radius 1 is 1.29 bits per heavy atom. The third kappa shape index (κ3) is 5.34. The minimum atomic E-state index is -0.673. The lowest BCUT2D eigenvalue weighted by Crippen LogP contribution is -2.38. The molecule has 2 N–H and O–H groups in total.